The molecule has 0 saturated carbocycles. The highest BCUT2D eigenvalue weighted by Gasteiger charge is 2.46. The van der Waals surface area contributed by atoms with Crippen LogP contribution in [0.4, 0.5) is 5.82 Å². The van der Waals surface area contributed by atoms with Gasteiger partial charge in [0.05, 0.1) is 5.52 Å². The summed E-state index contributed by atoms with van der Waals surface area (Å²) < 4.78 is 0. The number of hydrogen-bond donors (Lipinski definition) is 3. The Bertz CT molecular complexity index is 886. The van der Waals surface area contributed by atoms with Gasteiger partial charge in [-0.05, 0) is 38.8 Å². The molecule has 2 aliphatic rings. The first kappa shape index (κ1) is 17.7. The van der Waals surface area contributed by atoms with Crippen LogP contribution in [0.2, 0.25) is 0 Å². The van der Waals surface area contributed by atoms with Crippen LogP contribution in [0, 0.1) is 6.92 Å². The Hall–Kier alpha value is -2.67. The predicted octanol–water partition coefficient (Wildman–Crippen LogP) is 2.15. The molecule has 0 bridgehead atoms. The van der Waals surface area contributed by atoms with Crippen LogP contribution < -0.4 is 10.6 Å². The summed E-state index contributed by atoms with van der Waals surface area (Å²) in [5.41, 5.74) is 2.56. The Labute approximate surface area is 159 Å². The molecular formula is C20H26N6O. The maximum absolute atomic E-state index is 12.7. The molecule has 0 aromatic carbocycles. The third kappa shape index (κ3) is 3.47. The number of rotatable bonds is 6. The van der Waals surface area contributed by atoms with Gasteiger partial charge in [-0.2, -0.15) is 0 Å². The second-order valence-corrected chi connectivity index (χ2v) is 7.25. The number of nitrogens with zero attached hydrogens (tertiary/aromatic N) is 3. The standard InChI is InChI=1S/C20H26N6O/c1-15-13-16-17(25-15)18(24-14-23-16)21-9-3-4-10-22-19(27)20-7-2-5-11-26(20)12-6-8-20/h2-5,13-14,25H,6-12H2,1H3,(H,22,27)(H,21,23,24)/b4-3+. The maximum Gasteiger partial charge on any atom is 0.241 e. The summed E-state index contributed by atoms with van der Waals surface area (Å²) in [5.74, 6) is 0.942. The molecule has 4 rings (SSSR count). The second-order valence-electron chi connectivity index (χ2n) is 7.25. The number of carbonyl (C=O) groups is 1. The van der Waals surface area contributed by atoms with E-state index in [1.165, 1.54) is 0 Å². The van der Waals surface area contributed by atoms with Gasteiger partial charge in [-0.25, -0.2) is 9.97 Å². The minimum absolute atomic E-state index is 0.154. The topological polar surface area (TPSA) is 85.9 Å². The highest BCUT2D eigenvalue weighted by atomic mass is 16.2. The molecule has 7 heteroatoms. The largest absolute Gasteiger partial charge is 0.365 e. The van der Waals surface area contributed by atoms with Gasteiger partial charge < -0.3 is 15.6 Å². The molecule has 1 unspecified atom stereocenters. The number of aromatic amines is 1. The first-order chi connectivity index (χ1) is 13.2. The molecule has 4 heterocycles. The minimum Gasteiger partial charge on any atom is -0.365 e. The van der Waals surface area contributed by atoms with Gasteiger partial charge in [-0.3, -0.25) is 9.69 Å². The van der Waals surface area contributed by atoms with Crippen molar-refractivity contribution in [3.63, 3.8) is 0 Å². The van der Waals surface area contributed by atoms with Gasteiger partial charge in [0.2, 0.25) is 5.91 Å². The maximum atomic E-state index is 12.7. The van der Waals surface area contributed by atoms with E-state index in [1.807, 2.05) is 25.1 Å². The summed E-state index contributed by atoms with van der Waals surface area (Å²) in [4.78, 5) is 26.9. The molecule has 7 nitrogen and oxygen atoms in total. The predicted molar refractivity (Wildman–Crippen MR) is 107 cm³/mol. The fourth-order valence-electron chi connectivity index (χ4n) is 4.10. The van der Waals surface area contributed by atoms with Crippen molar-refractivity contribution >= 4 is 22.8 Å². The van der Waals surface area contributed by atoms with Crippen molar-refractivity contribution in [2.24, 2.45) is 0 Å². The van der Waals surface area contributed by atoms with Crippen molar-refractivity contribution in [3.8, 4) is 0 Å². The van der Waals surface area contributed by atoms with E-state index in [0.29, 0.717) is 13.1 Å². The van der Waals surface area contributed by atoms with Crippen molar-refractivity contribution in [1.82, 2.24) is 25.2 Å². The average Bonchev–Trinajstić information content (AvgIpc) is 3.27. The number of carbonyl (C=O) groups excluding carboxylic acids is 1. The van der Waals surface area contributed by atoms with Crippen molar-refractivity contribution in [1.29, 1.82) is 0 Å². The number of anilines is 1. The Morgan fingerprint density at radius 3 is 3.15 bits per heavy atom. The Morgan fingerprint density at radius 2 is 2.22 bits per heavy atom. The fourth-order valence-corrected chi connectivity index (χ4v) is 4.10. The smallest absolute Gasteiger partial charge is 0.241 e. The van der Waals surface area contributed by atoms with E-state index in [1.54, 1.807) is 6.33 Å². The molecule has 142 valence electrons. The molecule has 1 fully saturated rings. The number of fused-ring (bicyclic) bond motifs is 2. The third-order valence-corrected chi connectivity index (χ3v) is 5.48. The first-order valence-corrected chi connectivity index (χ1v) is 9.57. The molecule has 1 atom stereocenters. The SMILES string of the molecule is Cc1cc2ncnc(NC/C=C/CNC(=O)C34CC=CCN3CCC4)c2[nH]1. The summed E-state index contributed by atoms with van der Waals surface area (Å²) in [7, 11) is 0. The van der Waals surface area contributed by atoms with Crippen molar-refractivity contribution in [3.05, 3.63) is 42.4 Å². The summed E-state index contributed by atoms with van der Waals surface area (Å²) in [5, 5.41) is 6.37. The molecule has 0 spiro atoms. The second kappa shape index (κ2) is 7.52. The zero-order valence-corrected chi connectivity index (χ0v) is 15.7. The number of aryl methyl sites for hydroxylation is 1. The normalized spacial score (nSPS) is 22.4. The zero-order chi connectivity index (χ0) is 18.7. The molecule has 3 N–H and O–H groups in total. The van der Waals surface area contributed by atoms with E-state index in [2.05, 4.69) is 42.6 Å². The van der Waals surface area contributed by atoms with Gasteiger partial charge in [-0.1, -0.05) is 24.3 Å². The summed E-state index contributed by atoms with van der Waals surface area (Å²) >= 11 is 0. The minimum atomic E-state index is -0.321. The van der Waals surface area contributed by atoms with E-state index in [-0.39, 0.29) is 11.4 Å². The lowest BCUT2D eigenvalue weighted by Gasteiger charge is -2.38. The third-order valence-electron chi connectivity index (χ3n) is 5.48. The summed E-state index contributed by atoms with van der Waals surface area (Å²) in [6.07, 6.45) is 12.7. The lowest BCUT2D eigenvalue weighted by Crippen LogP contribution is -2.56. The quantitative estimate of drug-likeness (QED) is 0.682. The highest BCUT2D eigenvalue weighted by molar-refractivity contribution is 5.87. The monoisotopic (exact) mass is 366 g/mol. The number of H-pyrrole nitrogens is 1. The molecule has 27 heavy (non-hydrogen) atoms. The summed E-state index contributed by atoms with van der Waals surface area (Å²) in [6, 6.07) is 2.00. The van der Waals surface area contributed by atoms with Crippen LogP contribution in [0.15, 0.2) is 36.7 Å². The number of hydrogen-bond acceptors (Lipinski definition) is 5. The van der Waals surface area contributed by atoms with Crippen LogP contribution in [0.5, 0.6) is 0 Å². The summed E-state index contributed by atoms with van der Waals surface area (Å²) in [6.45, 7) is 5.09. The molecule has 0 aliphatic carbocycles. The van der Waals surface area contributed by atoms with E-state index < -0.39 is 0 Å². The Kier molecular flexibility index (Phi) is 4.94. The van der Waals surface area contributed by atoms with Crippen LogP contribution >= 0.6 is 0 Å². The number of amides is 1. The van der Waals surface area contributed by atoms with Gasteiger partial charge in [0.1, 0.15) is 17.4 Å². The van der Waals surface area contributed by atoms with Crippen molar-refractivity contribution in [2.75, 3.05) is 31.5 Å². The average molecular weight is 366 g/mol. The molecular weight excluding hydrogens is 340 g/mol. The zero-order valence-electron chi connectivity index (χ0n) is 15.7. The van der Waals surface area contributed by atoms with E-state index in [0.717, 1.165) is 54.9 Å². The molecule has 2 aromatic rings. The lowest BCUT2D eigenvalue weighted by atomic mass is 9.88. The highest BCUT2D eigenvalue weighted by Crippen LogP contribution is 2.35. The van der Waals surface area contributed by atoms with Gasteiger partial charge in [-0.15, -0.1) is 0 Å². The Balaban J connectivity index is 1.27. The van der Waals surface area contributed by atoms with Crippen LogP contribution in [0.25, 0.3) is 11.0 Å². The molecule has 0 radical (unpaired) electrons. The fraction of sp³-hybridized carbons (Fsp3) is 0.450. The first-order valence-electron chi connectivity index (χ1n) is 9.57. The lowest BCUT2D eigenvalue weighted by molar-refractivity contribution is -0.131. The number of aromatic nitrogens is 3. The van der Waals surface area contributed by atoms with Crippen LogP contribution in [-0.4, -0.2) is 57.5 Å². The van der Waals surface area contributed by atoms with Crippen molar-refractivity contribution < 1.29 is 4.79 Å². The Morgan fingerprint density at radius 1 is 1.33 bits per heavy atom. The van der Waals surface area contributed by atoms with Gasteiger partial charge in [0, 0.05) is 25.3 Å². The van der Waals surface area contributed by atoms with Crippen molar-refractivity contribution in [2.45, 2.75) is 31.7 Å². The molecule has 2 aromatic heterocycles. The van der Waals surface area contributed by atoms with E-state index >= 15 is 0 Å². The number of nitrogens with one attached hydrogen (secondary N) is 3. The van der Waals surface area contributed by atoms with E-state index in [4.69, 9.17) is 0 Å². The molecule has 2 aliphatic heterocycles. The van der Waals surface area contributed by atoms with E-state index in [9.17, 15) is 4.79 Å². The molecule has 1 amide bonds. The van der Waals surface area contributed by atoms with Gasteiger partial charge in [0.15, 0.2) is 5.82 Å². The van der Waals surface area contributed by atoms with Gasteiger partial charge >= 0.3 is 0 Å². The van der Waals surface area contributed by atoms with Gasteiger partial charge in [0.25, 0.3) is 0 Å². The van der Waals surface area contributed by atoms with Crippen LogP contribution in [0.3, 0.4) is 0 Å². The van der Waals surface area contributed by atoms with Crippen LogP contribution in [-0.2, 0) is 4.79 Å². The molecule has 1 saturated heterocycles. The van der Waals surface area contributed by atoms with Crippen LogP contribution in [0.1, 0.15) is 25.0 Å².